The highest BCUT2D eigenvalue weighted by Gasteiger charge is 2.26. The van der Waals surface area contributed by atoms with Crippen LogP contribution >= 0.6 is 0 Å². The lowest BCUT2D eigenvalue weighted by atomic mass is 10.0. The van der Waals surface area contributed by atoms with Crippen LogP contribution < -0.4 is 16.4 Å². The molecule has 4 N–H and O–H groups in total. The van der Waals surface area contributed by atoms with Crippen LogP contribution in [0.4, 0.5) is 10.6 Å². The number of esters is 2. The summed E-state index contributed by atoms with van der Waals surface area (Å²) in [6.07, 6.45) is 14.8. The van der Waals surface area contributed by atoms with Crippen molar-refractivity contribution in [3.63, 3.8) is 0 Å². The molecule has 0 saturated heterocycles. The summed E-state index contributed by atoms with van der Waals surface area (Å²) in [5, 5.41) is 5.27. The predicted octanol–water partition coefficient (Wildman–Crippen LogP) is 7.28. The van der Waals surface area contributed by atoms with E-state index in [2.05, 4.69) is 22.5 Å². The number of unbranched alkanes of at least 4 members (excludes halogenated alkanes) is 10. The van der Waals surface area contributed by atoms with Gasteiger partial charge in [-0.15, -0.1) is 0 Å². The second kappa shape index (κ2) is 23.4. The fraction of sp³-hybridized carbons (Fsp3) is 0.583. The van der Waals surface area contributed by atoms with E-state index in [1.807, 2.05) is 37.3 Å². The number of carbonyl (C=O) groups is 4. The molecule has 2 atom stereocenters. The zero-order chi connectivity index (χ0) is 33.4. The van der Waals surface area contributed by atoms with Crippen LogP contribution in [0.15, 0.2) is 48.7 Å². The third kappa shape index (κ3) is 18.1. The van der Waals surface area contributed by atoms with Crippen molar-refractivity contribution in [2.75, 3.05) is 5.32 Å². The first-order chi connectivity index (χ1) is 22.3. The lowest BCUT2D eigenvalue weighted by Gasteiger charge is -2.22. The van der Waals surface area contributed by atoms with Gasteiger partial charge in [-0.3, -0.25) is 14.9 Å². The number of amides is 3. The van der Waals surface area contributed by atoms with Gasteiger partial charge in [0.25, 0.3) is 0 Å². The molecule has 46 heavy (non-hydrogen) atoms. The average Bonchev–Trinajstić information content (AvgIpc) is 3.03. The van der Waals surface area contributed by atoms with Crippen LogP contribution in [0.1, 0.15) is 121 Å². The van der Waals surface area contributed by atoms with E-state index in [1.165, 1.54) is 51.4 Å². The van der Waals surface area contributed by atoms with Gasteiger partial charge in [0, 0.05) is 12.6 Å². The Balaban J connectivity index is 1.87. The Morgan fingerprint density at radius 3 is 2.09 bits per heavy atom. The average molecular weight is 639 g/mol. The normalized spacial score (nSPS) is 12.1. The summed E-state index contributed by atoms with van der Waals surface area (Å²) in [5.41, 5.74) is 7.28. The second-order valence-corrected chi connectivity index (χ2v) is 12.0. The van der Waals surface area contributed by atoms with Gasteiger partial charge in [-0.25, -0.2) is 14.6 Å². The zero-order valence-corrected chi connectivity index (χ0v) is 27.8. The molecular formula is C36H54N4O6. The van der Waals surface area contributed by atoms with Crippen molar-refractivity contribution < 1.29 is 28.7 Å². The standard InChI is InChI=1S/C36H54N4O6/c1-3-4-5-6-7-8-9-10-11-12-16-20-30(25-32(37)41)46-35(43)31(39-36(44)40-33-24-23-28(2)26-38-33)21-17-22-34(42)45-27-29-18-14-13-15-19-29/h13-15,18-19,23-24,26,30-31H,3-12,16-17,20-22,25,27H2,1-2H3,(H2,37,41)(H2,38,39,40,44)/t30-,31-/m0/s1. The summed E-state index contributed by atoms with van der Waals surface area (Å²) in [5.74, 6) is -1.33. The quantitative estimate of drug-likeness (QED) is 0.0808. The number of ether oxygens (including phenoxy) is 2. The van der Waals surface area contributed by atoms with Gasteiger partial charge in [0.1, 0.15) is 24.6 Å². The SMILES string of the molecule is CCCCCCCCCCCCC[C@@H](CC(N)=O)OC(=O)[C@H](CCCC(=O)OCc1ccccc1)NC(=O)Nc1ccc(C)cn1. The van der Waals surface area contributed by atoms with E-state index in [0.29, 0.717) is 12.2 Å². The summed E-state index contributed by atoms with van der Waals surface area (Å²) in [6.45, 7) is 4.26. The van der Waals surface area contributed by atoms with Crippen molar-refractivity contribution in [3.05, 3.63) is 59.8 Å². The first kappa shape index (κ1) is 38.2. The van der Waals surface area contributed by atoms with Crippen molar-refractivity contribution in [1.29, 1.82) is 0 Å². The highest BCUT2D eigenvalue weighted by atomic mass is 16.5. The largest absolute Gasteiger partial charge is 0.461 e. The zero-order valence-electron chi connectivity index (χ0n) is 27.8. The number of aromatic nitrogens is 1. The maximum absolute atomic E-state index is 13.3. The minimum atomic E-state index is -1.06. The maximum atomic E-state index is 13.3. The van der Waals surface area contributed by atoms with Gasteiger partial charge >= 0.3 is 18.0 Å². The molecule has 0 spiro atoms. The molecule has 254 valence electrons. The van der Waals surface area contributed by atoms with Gasteiger partial charge in [0.05, 0.1) is 6.42 Å². The summed E-state index contributed by atoms with van der Waals surface area (Å²) >= 11 is 0. The number of urea groups is 1. The molecule has 0 unspecified atom stereocenters. The number of aryl methyl sites for hydroxylation is 1. The van der Waals surface area contributed by atoms with Crippen LogP contribution in [-0.2, 0) is 30.5 Å². The van der Waals surface area contributed by atoms with Crippen LogP contribution in [0.2, 0.25) is 0 Å². The van der Waals surface area contributed by atoms with Crippen LogP contribution in [-0.4, -0.2) is 41.0 Å². The number of nitrogens with two attached hydrogens (primary N) is 1. The Labute approximate surface area is 274 Å². The highest BCUT2D eigenvalue weighted by molar-refractivity contribution is 5.92. The number of pyridine rings is 1. The van der Waals surface area contributed by atoms with Crippen molar-refractivity contribution in [2.45, 2.75) is 135 Å². The third-order valence-corrected chi connectivity index (χ3v) is 7.70. The Morgan fingerprint density at radius 1 is 0.826 bits per heavy atom. The maximum Gasteiger partial charge on any atom is 0.328 e. The van der Waals surface area contributed by atoms with Gasteiger partial charge in [0.2, 0.25) is 5.91 Å². The summed E-state index contributed by atoms with van der Waals surface area (Å²) in [6, 6.07) is 11.1. The summed E-state index contributed by atoms with van der Waals surface area (Å²) < 4.78 is 11.1. The molecule has 0 aliphatic heterocycles. The third-order valence-electron chi connectivity index (χ3n) is 7.70. The van der Waals surface area contributed by atoms with E-state index in [1.54, 1.807) is 18.3 Å². The topological polar surface area (TPSA) is 150 Å². The minimum absolute atomic E-state index is 0.0584. The smallest absolute Gasteiger partial charge is 0.328 e. The molecule has 3 amide bonds. The van der Waals surface area contributed by atoms with Crippen LogP contribution in [0.5, 0.6) is 0 Å². The molecule has 0 aliphatic rings. The fourth-order valence-corrected chi connectivity index (χ4v) is 5.07. The van der Waals surface area contributed by atoms with Gasteiger partial charge < -0.3 is 20.5 Å². The van der Waals surface area contributed by atoms with Crippen molar-refractivity contribution >= 4 is 29.7 Å². The number of hydrogen-bond acceptors (Lipinski definition) is 7. The summed E-state index contributed by atoms with van der Waals surface area (Å²) in [7, 11) is 0. The number of carbonyl (C=O) groups excluding carboxylic acids is 4. The Kier molecular flexibility index (Phi) is 19.4. The van der Waals surface area contributed by atoms with E-state index < -0.39 is 36.0 Å². The summed E-state index contributed by atoms with van der Waals surface area (Å²) in [4.78, 5) is 54.4. The van der Waals surface area contributed by atoms with Gasteiger partial charge in [-0.2, -0.15) is 0 Å². The number of nitrogens with zero attached hydrogens (tertiary/aromatic N) is 1. The van der Waals surface area contributed by atoms with Crippen LogP contribution in [0.3, 0.4) is 0 Å². The van der Waals surface area contributed by atoms with Gasteiger partial charge in [-0.05, 0) is 49.8 Å². The van der Waals surface area contributed by atoms with E-state index in [0.717, 1.165) is 30.4 Å². The molecule has 2 aromatic rings. The molecular weight excluding hydrogens is 584 g/mol. The molecule has 0 aliphatic carbocycles. The lowest BCUT2D eigenvalue weighted by Crippen LogP contribution is -2.45. The molecule has 10 heteroatoms. The van der Waals surface area contributed by atoms with Gasteiger partial charge in [-0.1, -0.05) is 108 Å². The fourth-order valence-electron chi connectivity index (χ4n) is 5.07. The van der Waals surface area contributed by atoms with Crippen molar-refractivity contribution in [1.82, 2.24) is 10.3 Å². The molecule has 2 rings (SSSR count). The number of anilines is 1. The monoisotopic (exact) mass is 638 g/mol. The number of hydrogen-bond donors (Lipinski definition) is 3. The Bertz CT molecular complexity index is 1160. The van der Waals surface area contributed by atoms with E-state index >= 15 is 0 Å². The predicted molar refractivity (Wildman–Crippen MR) is 180 cm³/mol. The second-order valence-electron chi connectivity index (χ2n) is 12.0. The van der Waals surface area contributed by atoms with Crippen LogP contribution in [0, 0.1) is 6.92 Å². The number of primary amides is 1. The van der Waals surface area contributed by atoms with Gasteiger partial charge in [0.15, 0.2) is 0 Å². The molecule has 0 radical (unpaired) electrons. The number of nitrogens with one attached hydrogen (secondary N) is 2. The van der Waals surface area contributed by atoms with Crippen molar-refractivity contribution in [2.24, 2.45) is 5.73 Å². The first-order valence-corrected chi connectivity index (χ1v) is 16.9. The lowest BCUT2D eigenvalue weighted by molar-refractivity contribution is -0.153. The van der Waals surface area contributed by atoms with Crippen LogP contribution in [0.25, 0.3) is 0 Å². The minimum Gasteiger partial charge on any atom is -0.461 e. The Hall–Kier alpha value is -3.95. The Morgan fingerprint density at radius 2 is 1.48 bits per heavy atom. The molecule has 0 fully saturated rings. The molecule has 1 heterocycles. The number of benzene rings is 1. The molecule has 0 saturated carbocycles. The molecule has 0 bridgehead atoms. The van der Waals surface area contributed by atoms with Crippen molar-refractivity contribution in [3.8, 4) is 0 Å². The highest BCUT2D eigenvalue weighted by Crippen LogP contribution is 2.16. The number of rotatable bonds is 24. The van der Waals surface area contributed by atoms with E-state index in [9.17, 15) is 19.2 Å². The van der Waals surface area contributed by atoms with E-state index in [-0.39, 0.29) is 32.3 Å². The molecule has 1 aromatic heterocycles. The first-order valence-electron chi connectivity index (χ1n) is 16.9. The molecule has 1 aromatic carbocycles. The van der Waals surface area contributed by atoms with E-state index in [4.69, 9.17) is 15.2 Å². The molecule has 10 nitrogen and oxygen atoms in total.